The zero-order valence-electron chi connectivity index (χ0n) is 16.9. The van der Waals surface area contributed by atoms with Gasteiger partial charge in [0.2, 0.25) is 0 Å². The summed E-state index contributed by atoms with van der Waals surface area (Å²) in [5, 5.41) is 0. The van der Waals surface area contributed by atoms with Crippen molar-refractivity contribution in [1.29, 1.82) is 0 Å². The van der Waals surface area contributed by atoms with Gasteiger partial charge in [0.15, 0.2) is 0 Å². The minimum Gasteiger partial charge on any atom is -0.199 e. The molecule has 0 N–H and O–H groups in total. The maximum atomic E-state index is 3.30. The molecule has 0 nitrogen and oxygen atoms in total. The second-order valence-corrected chi connectivity index (χ2v) is 7.89. The summed E-state index contributed by atoms with van der Waals surface area (Å²) in [6, 6.07) is 20.3. The normalized spacial score (nSPS) is 10.4. The summed E-state index contributed by atoms with van der Waals surface area (Å²) in [6.45, 7) is 13.1. The largest absolute Gasteiger partial charge is 2.00 e. The van der Waals surface area contributed by atoms with E-state index in [-0.39, 0.29) is 26.2 Å². The van der Waals surface area contributed by atoms with Crippen molar-refractivity contribution in [1.82, 2.24) is 0 Å². The molecule has 3 aromatic carbocycles. The molecule has 133 valence electrons. The Kier molecular flexibility index (Phi) is 9.61. The van der Waals surface area contributed by atoms with E-state index in [1.165, 1.54) is 44.5 Å². The molecule has 1 aliphatic rings. The molecule has 4 rings (SSSR count). The van der Waals surface area contributed by atoms with Crippen molar-refractivity contribution in [3.8, 4) is 11.1 Å². The van der Waals surface area contributed by atoms with Crippen molar-refractivity contribution in [2.24, 2.45) is 0 Å². The average molecular weight is 437 g/mol. The minimum absolute atomic E-state index is 0. The fourth-order valence-electron chi connectivity index (χ4n) is 3.13. The Morgan fingerprint density at radius 1 is 0.962 bits per heavy atom. The van der Waals surface area contributed by atoms with Gasteiger partial charge in [-0.2, -0.15) is 58.1 Å². The molecule has 0 aromatic heterocycles. The Morgan fingerprint density at radius 3 is 2.12 bits per heavy atom. The van der Waals surface area contributed by atoms with E-state index >= 15 is 0 Å². The van der Waals surface area contributed by atoms with Gasteiger partial charge in [-0.05, 0) is 6.42 Å². The third kappa shape index (κ3) is 5.44. The Balaban J connectivity index is 0.000000230. The van der Waals surface area contributed by atoms with Crippen molar-refractivity contribution >= 4 is 9.52 Å². The molecule has 0 heterocycles. The quantitative estimate of drug-likeness (QED) is 0.227. The van der Waals surface area contributed by atoms with Crippen LogP contribution in [-0.2, 0) is 32.6 Å². The Morgan fingerprint density at radius 2 is 1.58 bits per heavy atom. The third-order valence-electron chi connectivity index (χ3n) is 4.80. The molecule has 0 atom stereocenters. The smallest absolute Gasteiger partial charge is 0.199 e. The van der Waals surface area contributed by atoms with Gasteiger partial charge in [0.05, 0.1) is 0 Å². The molecule has 0 unspecified atom stereocenters. The van der Waals surface area contributed by atoms with Gasteiger partial charge in [0.25, 0.3) is 0 Å². The molecule has 1 radical (unpaired) electrons. The number of hydrogen-bond donors (Lipinski definition) is 0. The van der Waals surface area contributed by atoms with Gasteiger partial charge in [-0.1, -0.05) is 76.2 Å². The number of rotatable bonds is 0. The van der Waals surface area contributed by atoms with Gasteiger partial charge >= 0.3 is 26.2 Å². The molecular weight excluding hydrogens is 408 g/mol. The van der Waals surface area contributed by atoms with Gasteiger partial charge in [-0.15, -0.1) is 5.56 Å². The van der Waals surface area contributed by atoms with E-state index in [1.54, 1.807) is 0 Å². The topological polar surface area (TPSA) is 0 Å². The average Bonchev–Trinajstić information content (AvgIpc) is 3.09. The summed E-state index contributed by atoms with van der Waals surface area (Å²) in [5.41, 5.74) is 11.3. The van der Waals surface area contributed by atoms with Crippen molar-refractivity contribution < 1.29 is 26.2 Å². The molecular formula is C24H29SiZr. The van der Waals surface area contributed by atoms with Gasteiger partial charge < -0.3 is 0 Å². The number of fused-ring (bicyclic) bond motifs is 3. The standard InChI is InChI=1S/C13H9.C9H13.C2H7Si.Zr/c1-3-7-12-10(5-1)9-11-6-2-4-8-13(11)12;1-6-5-7(2)9(4)8(6)3;1-3-2;/h1-5,7-8H,9H2;5H,1-4H3;3H,1-2H3;/q2*-1;;+2. The van der Waals surface area contributed by atoms with E-state index in [0.717, 1.165) is 15.9 Å². The first-order chi connectivity index (χ1) is 12.0. The van der Waals surface area contributed by atoms with Crippen LogP contribution in [0.25, 0.3) is 11.1 Å². The molecule has 0 bridgehead atoms. The van der Waals surface area contributed by atoms with E-state index in [1.807, 2.05) is 6.07 Å². The zero-order valence-corrected chi connectivity index (χ0v) is 20.5. The van der Waals surface area contributed by atoms with Crippen molar-refractivity contribution in [2.45, 2.75) is 47.2 Å². The molecule has 0 saturated heterocycles. The van der Waals surface area contributed by atoms with E-state index in [0.29, 0.717) is 0 Å². The summed E-state index contributed by atoms with van der Waals surface area (Å²) in [5.74, 6) is 0. The SMILES string of the molecule is C[SiH]C.Cc1c[c-](C)c(C)c1C.[Zr+2].[c-]1cccc2c1Cc1ccccc1-2. The van der Waals surface area contributed by atoms with Crippen molar-refractivity contribution in [3.05, 3.63) is 88.0 Å². The van der Waals surface area contributed by atoms with Crippen LogP contribution < -0.4 is 0 Å². The van der Waals surface area contributed by atoms with Crippen molar-refractivity contribution in [3.63, 3.8) is 0 Å². The van der Waals surface area contributed by atoms with Crippen LogP contribution in [0.1, 0.15) is 33.4 Å². The second-order valence-electron chi connectivity index (χ2n) is 6.73. The van der Waals surface area contributed by atoms with Crippen LogP contribution in [0.15, 0.2) is 48.5 Å². The molecule has 2 heteroatoms. The third-order valence-corrected chi connectivity index (χ3v) is 4.80. The van der Waals surface area contributed by atoms with Crippen LogP contribution in [0.3, 0.4) is 0 Å². The van der Waals surface area contributed by atoms with Gasteiger partial charge in [-0.25, -0.2) is 0 Å². The number of aryl methyl sites for hydroxylation is 2. The summed E-state index contributed by atoms with van der Waals surface area (Å²) < 4.78 is 0. The first-order valence-electron chi connectivity index (χ1n) is 9.01. The molecule has 26 heavy (non-hydrogen) atoms. The fraction of sp³-hybridized carbons (Fsp3) is 0.292. The molecule has 1 aliphatic carbocycles. The summed E-state index contributed by atoms with van der Waals surface area (Å²) in [4.78, 5) is 0. The zero-order chi connectivity index (χ0) is 18.4. The Hall–Kier alpha value is -1.11. The molecule has 0 amide bonds. The van der Waals surface area contributed by atoms with Crippen LogP contribution in [0, 0.1) is 33.8 Å². The summed E-state index contributed by atoms with van der Waals surface area (Å²) in [7, 11) is 0.750. The number of hydrogen-bond acceptors (Lipinski definition) is 0. The fourth-order valence-corrected chi connectivity index (χ4v) is 3.13. The van der Waals surface area contributed by atoms with Crippen LogP contribution in [0.4, 0.5) is 0 Å². The minimum atomic E-state index is 0. The van der Waals surface area contributed by atoms with E-state index < -0.39 is 0 Å². The Labute approximate surface area is 181 Å². The number of benzene rings is 2. The summed E-state index contributed by atoms with van der Waals surface area (Å²) >= 11 is 0. The van der Waals surface area contributed by atoms with Crippen molar-refractivity contribution in [2.75, 3.05) is 0 Å². The van der Waals surface area contributed by atoms with Gasteiger partial charge in [0, 0.05) is 9.52 Å². The molecule has 0 spiro atoms. The molecule has 3 aromatic rings. The molecule has 0 saturated carbocycles. The second kappa shape index (κ2) is 10.9. The Bertz CT molecular complexity index is 764. The predicted octanol–water partition coefficient (Wildman–Crippen LogP) is 6.21. The van der Waals surface area contributed by atoms with E-state index in [9.17, 15) is 0 Å². The maximum absolute atomic E-state index is 3.30. The monoisotopic (exact) mass is 435 g/mol. The first-order valence-corrected chi connectivity index (χ1v) is 11.3. The maximum Gasteiger partial charge on any atom is 2.00 e. The first kappa shape index (κ1) is 22.9. The summed E-state index contributed by atoms with van der Waals surface area (Å²) in [6.07, 6.45) is 1.05. The van der Waals surface area contributed by atoms with Gasteiger partial charge in [0.1, 0.15) is 0 Å². The van der Waals surface area contributed by atoms with E-state index in [4.69, 9.17) is 0 Å². The van der Waals surface area contributed by atoms with Crippen LogP contribution in [0.5, 0.6) is 0 Å². The van der Waals surface area contributed by atoms with E-state index in [2.05, 4.69) is 89.3 Å². The van der Waals surface area contributed by atoms with Crippen LogP contribution in [0.2, 0.25) is 13.1 Å². The van der Waals surface area contributed by atoms with Gasteiger partial charge in [-0.3, -0.25) is 0 Å². The van der Waals surface area contributed by atoms with Crippen LogP contribution >= 0.6 is 0 Å². The molecule has 0 aliphatic heterocycles. The molecule has 0 fully saturated rings. The van der Waals surface area contributed by atoms with Crippen LogP contribution in [-0.4, -0.2) is 9.52 Å². The predicted molar refractivity (Wildman–Crippen MR) is 113 cm³/mol.